The van der Waals surface area contributed by atoms with Gasteiger partial charge in [-0.05, 0) is 12.6 Å². The van der Waals surface area contributed by atoms with Gasteiger partial charge in [0, 0.05) is 6.54 Å². The fourth-order valence-corrected chi connectivity index (χ4v) is 7.84. The number of amides is 1. The number of primary amides is 1. The van der Waals surface area contributed by atoms with E-state index in [4.69, 9.17) is 34.5 Å². The van der Waals surface area contributed by atoms with Crippen LogP contribution in [0.2, 0.25) is 0 Å². The van der Waals surface area contributed by atoms with Crippen LogP contribution in [0, 0.1) is 5.92 Å². The van der Waals surface area contributed by atoms with E-state index in [-0.39, 0.29) is 23.5 Å². The second kappa shape index (κ2) is 14.0. The van der Waals surface area contributed by atoms with Crippen LogP contribution in [0.25, 0.3) is 11.2 Å². The lowest BCUT2D eigenvalue weighted by atomic mass is 10.0. The van der Waals surface area contributed by atoms with Gasteiger partial charge in [0.1, 0.15) is 48.5 Å². The van der Waals surface area contributed by atoms with Gasteiger partial charge in [-0.25, -0.2) is 28.6 Å². The van der Waals surface area contributed by atoms with Crippen LogP contribution in [0.3, 0.4) is 0 Å². The first kappa shape index (κ1) is 36.8. The summed E-state index contributed by atoms with van der Waals surface area (Å²) >= 11 is 0. The zero-order valence-corrected chi connectivity index (χ0v) is 27.0. The van der Waals surface area contributed by atoms with Gasteiger partial charge in [-0.2, -0.15) is 4.31 Å². The third-order valence-corrected chi connectivity index (χ3v) is 10.6. The topological polar surface area (TPSA) is 364 Å². The van der Waals surface area contributed by atoms with Crippen LogP contribution >= 0.6 is 23.5 Å². The summed E-state index contributed by atoms with van der Waals surface area (Å²) in [6, 6.07) is 0. The molecular weight excluding hydrogens is 715 g/mol. The quantitative estimate of drug-likeness (QED) is 0.0932. The SMILES string of the molecule is NC(=O)C1CC=CN([C@@H]2O[C@H](COP(=O)(O)OP(=O)(O)OC[C@H]3O[C@@H](n4cnc5c(N)ncnc54)[C@H](OP(=O)(O)O)[C@@H]3O)[C@@H](O)[C@H]2O)C1. The van der Waals surface area contributed by atoms with Gasteiger partial charge in [-0.15, -0.1) is 0 Å². The minimum absolute atomic E-state index is 0.00700. The number of hydrogen-bond acceptors (Lipinski definition) is 18. The molecule has 0 bridgehead atoms. The molecule has 268 valence electrons. The van der Waals surface area contributed by atoms with E-state index in [1.54, 1.807) is 6.08 Å². The van der Waals surface area contributed by atoms with Crippen molar-refractivity contribution in [3.63, 3.8) is 0 Å². The molecule has 2 saturated heterocycles. The number of aliphatic hydroxyl groups excluding tert-OH is 3. The number of nitrogens with zero attached hydrogens (tertiary/aromatic N) is 5. The van der Waals surface area contributed by atoms with Crippen molar-refractivity contribution < 1.29 is 80.7 Å². The number of allylic oxidation sites excluding steroid dienone is 1. The number of nitrogen functional groups attached to an aromatic ring is 1. The number of phosphoric ester groups is 3. The Kier molecular flexibility index (Phi) is 10.8. The van der Waals surface area contributed by atoms with Gasteiger partial charge >= 0.3 is 23.5 Å². The molecule has 1 amide bonds. The van der Waals surface area contributed by atoms with Crippen molar-refractivity contribution in [2.75, 3.05) is 25.5 Å². The number of phosphoric acid groups is 3. The lowest BCUT2D eigenvalue weighted by Gasteiger charge is -2.34. The second-order valence-corrected chi connectivity index (χ2v) is 15.0. The van der Waals surface area contributed by atoms with Crippen molar-refractivity contribution in [1.29, 1.82) is 0 Å². The number of nitrogens with two attached hydrogens (primary N) is 2. The number of imidazole rings is 1. The molecule has 5 heterocycles. The zero-order chi connectivity index (χ0) is 35.2. The Hall–Kier alpha value is -2.47. The molecule has 48 heavy (non-hydrogen) atoms. The highest BCUT2D eigenvalue weighted by Gasteiger charge is 2.51. The smallest absolute Gasteiger partial charge is 0.387 e. The van der Waals surface area contributed by atoms with Crippen LogP contribution in [-0.2, 0) is 45.8 Å². The summed E-state index contributed by atoms with van der Waals surface area (Å²) < 4.78 is 67.3. The Morgan fingerprint density at radius 2 is 1.56 bits per heavy atom. The molecule has 0 radical (unpaired) electrons. The molecule has 3 aliphatic heterocycles. The van der Waals surface area contributed by atoms with Gasteiger partial charge in [0.15, 0.2) is 23.9 Å². The molecule has 24 nitrogen and oxygen atoms in total. The zero-order valence-electron chi connectivity index (χ0n) is 24.3. The van der Waals surface area contributed by atoms with Crippen LogP contribution in [0.4, 0.5) is 5.82 Å². The number of fused-ring (bicyclic) bond motifs is 1. The summed E-state index contributed by atoms with van der Waals surface area (Å²) in [5.74, 6) is -1.25. The number of ether oxygens (including phenoxy) is 2. The third-order valence-electron chi connectivity index (χ3n) is 7.46. The molecule has 0 aliphatic carbocycles. The summed E-state index contributed by atoms with van der Waals surface area (Å²) in [6.45, 7) is -1.95. The first-order valence-electron chi connectivity index (χ1n) is 13.8. The molecule has 3 unspecified atom stereocenters. The summed E-state index contributed by atoms with van der Waals surface area (Å²) in [7, 11) is -16.2. The Bertz CT molecular complexity index is 1680. The summed E-state index contributed by atoms with van der Waals surface area (Å²) in [5, 5.41) is 31.6. The molecule has 0 spiro atoms. The average molecular weight is 747 g/mol. The van der Waals surface area contributed by atoms with Crippen molar-refractivity contribution >= 4 is 46.4 Å². The number of rotatable bonds is 13. The lowest BCUT2D eigenvalue weighted by Crippen LogP contribution is -2.46. The molecule has 11 atom stereocenters. The van der Waals surface area contributed by atoms with Gasteiger partial charge in [0.2, 0.25) is 5.91 Å². The molecule has 11 N–H and O–H groups in total. The highest BCUT2D eigenvalue weighted by Crippen LogP contribution is 2.61. The monoisotopic (exact) mass is 747 g/mol. The molecule has 27 heteroatoms. The number of carbonyl (C=O) groups excluding carboxylic acids is 1. The highest BCUT2D eigenvalue weighted by molar-refractivity contribution is 7.61. The third kappa shape index (κ3) is 8.28. The predicted molar refractivity (Wildman–Crippen MR) is 153 cm³/mol. The van der Waals surface area contributed by atoms with E-state index in [0.29, 0.717) is 6.42 Å². The molecular formula is C21H32N7O17P3. The summed E-state index contributed by atoms with van der Waals surface area (Å²) in [6.07, 6.45) is -7.26. The van der Waals surface area contributed by atoms with Gasteiger partial charge in [-0.3, -0.25) is 22.9 Å². The molecule has 2 aromatic rings. The minimum Gasteiger partial charge on any atom is -0.387 e. The summed E-state index contributed by atoms with van der Waals surface area (Å²) in [4.78, 5) is 63.7. The molecule has 3 aliphatic rings. The number of hydrogen-bond donors (Lipinski definition) is 9. The Labute approximate surface area is 269 Å². The van der Waals surface area contributed by atoms with Crippen LogP contribution in [0.15, 0.2) is 24.9 Å². The lowest BCUT2D eigenvalue weighted by molar-refractivity contribution is -0.125. The maximum absolute atomic E-state index is 12.6. The first-order chi connectivity index (χ1) is 22.4. The Balaban J connectivity index is 1.19. The van der Waals surface area contributed by atoms with E-state index in [0.717, 1.165) is 17.2 Å². The van der Waals surface area contributed by atoms with E-state index < -0.39 is 97.6 Å². The maximum atomic E-state index is 12.6. The van der Waals surface area contributed by atoms with E-state index in [2.05, 4.69) is 19.3 Å². The number of aliphatic hydroxyl groups is 3. The van der Waals surface area contributed by atoms with Gasteiger partial charge in [-0.1, -0.05) is 6.08 Å². The number of carbonyl (C=O) groups is 1. The normalized spacial score (nSPS) is 33.6. The van der Waals surface area contributed by atoms with Crippen LogP contribution < -0.4 is 11.5 Å². The van der Waals surface area contributed by atoms with Crippen LogP contribution in [0.1, 0.15) is 12.6 Å². The standard InChI is InChI=1S/C21H32N7O17P3/c22-17-12-19(25-7-24-17)28(8-26-12)21-16(44-46(33,34)35)14(30)11(43-21)6-41-48(38,39)45-47(36,37)40-5-10-13(29)15(31)20(42-10)27-3-1-2-9(4-27)18(23)32/h1,3,7-11,13-16,20-21,29-31H,2,4-6H2,(H2,23,32)(H,36,37)(H,38,39)(H2,22,24,25)(H2,33,34,35)/t9?,10-,11-,13-,14-,15-,16-,20-,21-/m1/s1. The van der Waals surface area contributed by atoms with E-state index in [9.17, 15) is 53.4 Å². The van der Waals surface area contributed by atoms with Crippen LogP contribution in [0.5, 0.6) is 0 Å². The van der Waals surface area contributed by atoms with Crippen molar-refractivity contribution in [3.8, 4) is 0 Å². The highest BCUT2D eigenvalue weighted by atomic mass is 31.3. The van der Waals surface area contributed by atoms with Crippen molar-refractivity contribution in [1.82, 2.24) is 24.4 Å². The van der Waals surface area contributed by atoms with E-state index in [1.807, 2.05) is 0 Å². The largest absolute Gasteiger partial charge is 0.481 e. The fourth-order valence-electron chi connectivity index (χ4n) is 5.21. The molecule has 2 aromatic heterocycles. The van der Waals surface area contributed by atoms with Crippen molar-refractivity contribution in [3.05, 3.63) is 24.9 Å². The van der Waals surface area contributed by atoms with Gasteiger partial charge in [0.25, 0.3) is 0 Å². The van der Waals surface area contributed by atoms with E-state index in [1.165, 1.54) is 11.1 Å². The second-order valence-electron chi connectivity index (χ2n) is 10.8. The van der Waals surface area contributed by atoms with Crippen molar-refractivity contribution in [2.45, 2.75) is 55.5 Å². The Morgan fingerprint density at radius 1 is 0.938 bits per heavy atom. The Morgan fingerprint density at radius 3 is 2.19 bits per heavy atom. The van der Waals surface area contributed by atoms with Crippen molar-refractivity contribution in [2.24, 2.45) is 11.7 Å². The minimum atomic E-state index is -5.51. The molecule has 0 aromatic carbocycles. The average Bonchev–Trinajstić information content (AvgIpc) is 3.64. The predicted octanol–water partition coefficient (Wildman–Crippen LogP) is -2.84. The number of aromatic nitrogens is 4. The molecule has 2 fully saturated rings. The fraction of sp³-hybridized carbons (Fsp3) is 0.619. The molecule has 5 rings (SSSR count). The number of anilines is 1. The van der Waals surface area contributed by atoms with Crippen LogP contribution in [-0.4, -0.2) is 128 Å². The summed E-state index contributed by atoms with van der Waals surface area (Å²) in [5.41, 5.74) is 11.2. The van der Waals surface area contributed by atoms with Gasteiger partial charge in [0.05, 0.1) is 25.5 Å². The first-order valence-corrected chi connectivity index (χ1v) is 18.3. The maximum Gasteiger partial charge on any atom is 0.481 e. The van der Waals surface area contributed by atoms with Gasteiger partial charge < -0.3 is 60.7 Å². The molecule has 0 saturated carbocycles. The van der Waals surface area contributed by atoms with E-state index >= 15 is 0 Å².